The van der Waals surface area contributed by atoms with Gasteiger partial charge in [0.2, 0.25) is 12.3 Å². The normalized spacial score (nSPS) is 26.9. The van der Waals surface area contributed by atoms with Gasteiger partial charge in [0.25, 0.3) is 0 Å². The van der Waals surface area contributed by atoms with Crippen LogP contribution in [0.3, 0.4) is 0 Å². The van der Waals surface area contributed by atoms with Crippen LogP contribution in [0.15, 0.2) is 18.3 Å². The highest BCUT2D eigenvalue weighted by atomic mass is 19.1. The summed E-state index contributed by atoms with van der Waals surface area (Å²) < 4.78 is 22.0. The van der Waals surface area contributed by atoms with E-state index < -0.39 is 17.6 Å². The van der Waals surface area contributed by atoms with Gasteiger partial charge in [-0.2, -0.15) is 0 Å². The van der Waals surface area contributed by atoms with Crippen LogP contribution in [0.1, 0.15) is 64.9 Å². The molecule has 2 aromatic rings. The molecular weight excluding hydrogens is 411 g/mol. The molecule has 1 aliphatic heterocycles. The third-order valence-corrected chi connectivity index (χ3v) is 6.90. The highest BCUT2D eigenvalue weighted by Gasteiger charge is 2.60. The van der Waals surface area contributed by atoms with Crippen LogP contribution in [-0.4, -0.2) is 50.4 Å². The molecule has 32 heavy (non-hydrogen) atoms. The molecule has 7 nitrogen and oxygen atoms in total. The second-order valence-corrected chi connectivity index (χ2v) is 11.1. The predicted octanol–water partition coefficient (Wildman–Crippen LogP) is 2.97. The molecule has 2 aliphatic carbocycles. The van der Waals surface area contributed by atoms with Gasteiger partial charge in [-0.25, -0.2) is 9.37 Å². The minimum atomic E-state index is -0.949. The Bertz CT molecular complexity index is 1040. The summed E-state index contributed by atoms with van der Waals surface area (Å²) in [4.78, 5) is 19.8. The number of halogens is 1. The SMILES string of the molecule is CC(C)(C)OC(O)N1C[C@@H]2[C@H](C1)[C@H]2C(=O)NC(C)(C)c1nc(C2CC2)c2c(F)cccn12. The number of aliphatic hydroxyl groups excluding tert-OH is 1. The van der Waals surface area contributed by atoms with Crippen LogP contribution in [0.5, 0.6) is 0 Å². The Labute approximate surface area is 188 Å². The highest BCUT2D eigenvalue weighted by Crippen LogP contribution is 2.52. The number of nitrogens with zero attached hydrogens (tertiary/aromatic N) is 3. The van der Waals surface area contributed by atoms with Gasteiger partial charge in [0.05, 0.1) is 16.8 Å². The number of pyridine rings is 1. The molecule has 0 spiro atoms. The van der Waals surface area contributed by atoms with E-state index in [0.717, 1.165) is 18.5 Å². The lowest BCUT2D eigenvalue weighted by atomic mass is 10.0. The molecule has 174 valence electrons. The average molecular weight is 445 g/mol. The third-order valence-electron chi connectivity index (χ3n) is 6.90. The lowest BCUT2D eigenvalue weighted by Crippen LogP contribution is -2.46. The van der Waals surface area contributed by atoms with Gasteiger partial charge >= 0.3 is 0 Å². The summed E-state index contributed by atoms with van der Waals surface area (Å²) in [5.41, 5.74) is 0.150. The van der Waals surface area contributed by atoms with Gasteiger partial charge in [0.1, 0.15) is 17.2 Å². The van der Waals surface area contributed by atoms with Gasteiger partial charge in [-0.3, -0.25) is 14.1 Å². The monoisotopic (exact) mass is 444 g/mol. The first-order valence-electron chi connectivity index (χ1n) is 11.6. The molecule has 0 bridgehead atoms. The lowest BCUT2D eigenvalue weighted by molar-refractivity contribution is -0.236. The largest absolute Gasteiger partial charge is 0.356 e. The number of amides is 1. The number of rotatable bonds is 6. The van der Waals surface area contributed by atoms with Crippen molar-refractivity contribution in [2.24, 2.45) is 17.8 Å². The first-order valence-corrected chi connectivity index (χ1v) is 11.6. The van der Waals surface area contributed by atoms with Gasteiger partial charge in [0, 0.05) is 31.1 Å². The molecule has 1 saturated heterocycles. The maximum absolute atomic E-state index is 14.6. The van der Waals surface area contributed by atoms with Gasteiger partial charge in [-0.15, -0.1) is 0 Å². The topological polar surface area (TPSA) is 79.1 Å². The van der Waals surface area contributed by atoms with E-state index in [9.17, 15) is 14.3 Å². The molecule has 3 heterocycles. The van der Waals surface area contributed by atoms with Crippen LogP contribution in [-0.2, 0) is 15.1 Å². The number of carbonyl (C=O) groups excluding carboxylic acids is 1. The summed E-state index contributed by atoms with van der Waals surface area (Å²) in [7, 11) is 0. The summed E-state index contributed by atoms with van der Waals surface area (Å²) in [6.45, 7) is 10.9. The molecule has 0 aromatic carbocycles. The number of fused-ring (bicyclic) bond motifs is 2. The minimum Gasteiger partial charge on any atom is -0.356 e. The highest BCUT2D eigenvalue weighted by molar-refractivity contribution is 5.83. The summed E-state index contributed by atoms with van der Waals surface area (Å²) in [6.07, 6.45) is 2.93. The van der Waals surface area contributed by atoms with Gasteiger partial charge in [0.15, 0.2) is 0 Å². The van der Waals surface area contributed by atoms with Gasteiger partial charge in [-0.1, -0.05) is 0 Å². The van der Waals surface area contributed by atoms with E-state index in [1.807, 2.05) is 45.7 Å². The second kappa shape index (κ2) is 7.23. The molecule has 4 atom stereocenters. The summed E-state index contributed by atoms with van der Waals surface area (Å²) in [6, 6.07) is 3.14. The fourth-order valence-corrected chi connectivity index (χ4v) is 5.17. The number of piperidine rings is 1. The Kier molecular flexibility index (Phi) is 4.93. The first kappa shape index (κ1) is 21.8. The molecule has 2 N–H and O–H groups in total. The fraction of sp³-hybridized carbons (Fsp3) is 0.667. The molecule has 5 rings (SSSR count). The lowest BCUT2D eigenvalue weighted by Gasteiger charge is -2.31. The minimum absolute atomic E-state index is 0.00277. The Morgan fingerprint density at radius 1 is 1.25 bits per heavy atom. The average Bonchev–Trinajstić information content (AvgIpc) is 3.55. The molecule has 2 aromatic heterocycles. The maximum Gasteiger partial charge on any atom is 0.224 e. The zero-order valence-electron chi connectivity index (χ0n) is 19.4. The van der Waals surface area contributed by atoms with E-state index in [-0.39, 0.29) is 29.5 Å². The van der Waals surface area contributed by atoms with Crippen LogP contribution in [0, 0.1) is 23.6 Å². The van der Waals surface area contributed by atoms with Crippen LogP contribution >= 0.6 is 0 Å². The van der Waals surface area contributed by atoms with Crippen LogP contribution < -0.4 is 5.32 Å². The quantitative estimate of drug-likeness (QED) is 0.670. The molecule has 3 aliphatic rings. The molecule has 3 fully saturated rings. The predicted molar refractivity (Wildman–Crippen MR) is 117 cm³/mol. The van der Waals surface area contributed by atoms with Crippen molar-refractivity contribution in [3.05, 3.63) is 35.7 Å². The number of hydrogen-bond acceptors (Lipinski definition) is 5. The molecular formula is C24H33FN4O3. The first-order chi connectivity index (χ1) is 15.0. The summed E-state index contributed by atoms with van der Waals surface area (Å²) in [5, 5.41) is 13.5. The Balaban J connectivity index is 1.28. The van der Waals surface area contributed by atoms with E-state index in [2.05, 4.69) is 5.32 Å². The summed E-state index contributed by atoms with van der Waals surface area (Å²) >= 11 is 0. The Morgan fingerprint density at radius 3 is 2.50 bits per heavy atom. The van der Waals surface area contributed by atoms with Crippen LogP contribution in [0.2, 0.25) is 0 Å². The maximum atomic E-state index is 14.6. The van der Waals surface area contributed by atoms with Crippen molar-refractivity contribution in [1.82, 2.24) is 19.6 Å². The van der Waals surface area contributed by atoms with Gasteiger partial charge in [-0.05, 0) is 71.4 Å². The zero-order valence-corrected chi connectivity index (χ0v) is 19.4. The van der Waals surface area contributed by atoms with Gasteiger partial charge < -0.3 is 15.2 Å². The van der Waals surface area contributed by atoms with Crippen molar-refractivity contribution in [2.75, 3.05) is 13.1 Å². The second-order valence-electron chi connectivity index (χ2n) is 11.1. The molecule has 8 heteroatoms. The number of carbonyl (C=O) groups is 1. The summed E-state index contributed by atoms with van der Waals surface area (Å²) in [5.74, 6) is 1.06. The van der Waals surface area contributed by atoms with E-state index >= 15 is 0 Å². The van der Waals surface area contributed by atoms with Crippen molar-refractivity contribution in [3.8, 4) is 0 Å². The van der Waals surface area contributed by atoms with E-state index in [0.29, 0.717) is 30.3 Å². The molecule has 2 saturated carbocycles. The zero-order chi connectivity index (χ0) is 23.0. The van der Waals surface area contributed by atoms with E-state index in [1.54, 1.807) is 10.5 Å². The van der Waals surface area contributed by atoms with Crippen molar-refractivity contribution >= 4 is 11.4 Å². The Hall–Kier alpha value is -2.03. The third kappa shape index (κ3) is 3.82. The standard InChI is InChI=1S/C24H33FN4O3/c1-23(2,3)32-22(31)28-11-14-15(12-28)17(14)20(30)27-24(4,5)21-26-18(13-8-9-13)19-16(25)7-6-10-29(19)21/h6-7,10,13-15,17,22,31H,8-9,11-12H2,1-5H3,(H,27,30)/t14-,15+,17+,22?. The van der Waals surface area contributed by atoms with E-state index in [4.69, 9.17) is 9.72 Å². The number of aliphatic hydroxyl groups is 1. The van der Waals surface area contributed by atoms with Crippen LogP contribution in [0.4, 0.5) is 4.39 Å². The Morgan fingerprint density at radius 2 is 1.91 bits per heavy atom. The van der Waals surface area contributed by atoms with Crippen molar-refractivity contribution in [2.45, 2.75) is 70.9 Å². The number of ether oxygens (including phenoxy) is 1. The van der Waals surface area contributed by atoms with Crippen molar-refractivity contribution in [3.63, 3.8) is 0 Å². The van der Waals surface area contributed by atoms with Crippen LogP contribution in [0.25, 0.3) is 5.52 Å². The number of nitrogens with one attached hydrogen (secondary N) is 1. The number of aromatic nitrogens is 2. The van der Waals surface area contributed by atoms with Crippen molar-refractivity contribution in [1.29, 1.82) is 0 Å². The number of likely N-dealkylation sites (tertiary alicyclic amines) is 1. The smallest absolute Gasteiger partial charge is 0.224 e. The molecule has 1 unspecified atom stereocenters. The number of imidazole rings is 1. The van der Waals surface area contributed by atoms with E-state index in [1.165, 1.54) is 6.07 Å². The van der Waals surface area contributed by atoms with Crippen molar-refractivity contribution < 1.29 is 19.0 Å². The molecule has 0 radical (unpaired) electrons. The number of hydrogen-bond donors (Lipinski definition) is 2. The fourth-order valence-electron chi connectivity index (χ4n) is 5.17. The molecule has 1 amide bonds.